The molecule has 150 valence electrons. The van der Waals surface area contributed by atoms with Crippen LogP contribution in [0.25, 0.3) is 0 Å². The van der Waals surface area contributed by atoms with Crippen molar-refractivity contribution >= 4 is 27.7 Å². The molecule has 1 aliphatic rings. The molecule has 0 aliphatic carbocycles. The molecule has 0 N–H and O–H groups in total. The van der Waals surface area contributed by atoms with Gasteiger partial charge in [-0.2, -0.15) is 0 Å². The van der Waals surface area contributed by atoms with E-state index in [0.29, 0.717) is 18.5 Å². The Morgan fingerprint density at radius 3 is 2.11 bits per heavy atom. The van der Waals surface area contributed by atoms with Gasteiger partial charge in [0.15, 0.2) is 15.1 Å². The Balaban J connectivity index is 2.09. The molecule has 1 aliphatic heterocycles. The minimum atomic E-state index is -3.92. The Kier molecular flexibility index (Phi) is 7.59. The first-order valence-electron chi connectivity index (χ1n) is 9.98. The summed E-state index contributed by atoms with van der Waals surface area (Å²) in [7, 11) is -3.92. The average molecular weight is 394 g/mol. The van der Waals surface area contributed by atoms with E-state index in [1.54, 1.807) is 31.2 Å². The molecule has 0 spiro atoms. The molecule has 6 heteroatoms. The number of hydrogen-bond donors (Lipinski definition) is 0. The molecule has 5 nitrogen and oxygen atoms in total. The van der Waals surface area contributed by atoms with Crippen LogP contribution in [0.5, 0.6) is 0 Å². The van der Waals surface area contributed by atoms with Crippen molar-refractivity contribution in [3.8, 4) is 0 Å². The normalized spacial score (nSPS) is 24.3. The number of aldehydes is 1. The van der Waals surface area contributed by atoms with Gasteiger partial charge < -0.3 is 4.79 Å². The molecule has 1 heterocycles. The van der Waals surface area contributed by atoms with E-state index in [4.69, 9.17) is 0 Å². The maximum Gasteiger partial charge on any atom is 0.254 e. The molecule has 2 unspecified atom stereocenters. The van der Waals surface area contributed by atoms with E-state index in [0.717, 1.165) is 19.3 Å². The van der Waals surface area contributed by atoms with E-state index < -0.39 is 25.9 Å². The number of anilines is 1. The van der Waals surface area contributed by atoms with Crippen molar-refractivity contribution in [3.63, 3.8) is 0 Å². The van der Waals surface area contributed by atoms with Gasteiger partial charge in [-0.1, -0.05) is 76.5 Å². The first-order chi connectivity index (χ1) is 12.9. The van der Waals surface area contributed by atoms with Gasteiger partial charge in [-0.25, -0.2) is 8.42 Å². The molecule has 2 rings (SSSR count). The lowest BCUT2D eigenvalue weighted by atomic mass is 10.0. The summed E-state index contributed by atoms with van der Waals surface area (Å²) in [5, 5.41) is -1.60. The fourth-order valence-electron chi connectivity index (χ4n) is 3.84. The van der Waals surface area contributed by atoms with Crippen molar-refractivity contribution in [1.29, 1.82) is 0 Å². The molecule has 0 bridgehead atoms. The third-order valence-electron chi connectivity index (χ3n) is 5.52. The molecule has 1 aromatic carbocycles. The Morgan fingerprint density at radius 2 is 1.56 bits per heavy atom. The van der Waals surface area contributed by atoms with Crippen LogP contribution in [0.3, 0.4) is 0 Å². The van der Waals surface area contributed by atoms with E-state index in [2.05, 4.69) is 6.92 Å². The highest BCUT2D eigenvalue weighted by Gasteiger charge is 2.60. The van der Waals surface area contributed by atoms with Gasteiger partial charge in [0.05, 0.1) is 0 Å². The molecule has 0 aromatic heterocycles. The molecule has 1 fully saturated rings. The van der Waals surface area contributed by atoms with Crippen molar-refractivity contribution < 1.29 is 18.0 Å². The summed E-state index contributed by atoms with van der Waals surface area (Å²) in [5.41, 5.74) is 0.525. The number of para-hydroxylation sites is 1. The molecule has 0 radical (unpaired) electrons. The highest BCUT2D eigenvalue weighted by Crippen LogP contribution is 2.41. The first kappa shape index (κ1) is 21.6. The summed E-state index contributed by atoms with van der Waals surface area (Å²) in [5.74, 6) is -0.640. The van der Waals surface area contributed by atoms with Crippen LogP contribution in [-0.2, 0) is 19.4 Å². The zero-order chi connectivity index (χ0) is 19.9. The summed E-state index contributed by atoms with van der Waals surface area (Å²) >= 11 is 0. The lowest BCUT2D eigenvalue weighted by molar-refractivity contribution is -0.121. The fourth-order valence-corrected chi connectivity index (χ4v) is 5.79. The summed E-state index contributed by atoms with van der Waals surface area (Å²) in [6.45, 7) is 3.77. The SMILES string of the molecule is CCCCCCCCCCC1(C)N(c2ccccc2)C(=O)C(C=O)S1(=O)=O. The van der Waals surface area contributed by atoms with Crippen LogP contribution in [0.4, 0.5) is 5.69 Å². The van der Waals surface area contributed by atoms with Crippen LogP contribution in [0.2, 0.25) is 0 Å². The zero-order valence-electron chi connectivity index (χ0n) is 16.4. The maximum atomic E-state index is 13.0. The van der Waals surface area contributed by atoms with Crippen LogP contribution in [0.1, 0.15) is 71.6 Å². The Morgan fingerprint density at radius 1 is 1.00 bits per heavy atom. The molecular formula is C21H31NO4S. The highest BCUT2D eigenvalue weighted by molar-refractivity contribution is 7.95. The number of carbonyl (C=O) groups excluding carboxylic acids is 2. The van der Waals surface area contributed by atoms with Gasteiger partial charge in [0.1, 0.15) is 11.2 Å². The number of rotatable bonds is 11. The summed E-state index contributed by atoms with van der Waals surface area (Å²) in [6, 6.07) is 8.77. The predicted octanol–water partition coefficient (Wildman–Crippen LogP) is 4.26. The van der Waals surface area contributed by atoms with Crippen molar-refractivity contribution in [2.45, 2.75) is 81.8 Å². The third kappa shape index (κ3) is 4.42. The van der Waals surface area contributed by atoms with Crippen molar-refractivity contribution in [2.75, 3.05) is 4.90 Å². The van der Waals surface area contributed by atoms with Gasteiger partial charge in [0, 0.05) is 5.69 Å². The van der Waals surface area contributed by atoms with Gasteiger partial charge in [-0.3, -0.25) is 9.69 Å². The quantitative estimate of drug-likeness (QED) is 0.320. The average Bonchev–Trinajstić information content (AvgIpc) is 2.79. The predicted molar refractivity (Wildman–Crippen MR) is 108 cm³/mol. The lowest BCUT2D eigenvalue weighted by Crippen LogP contribution is -2.47. The van der Waals surface area contributed by atoms with Crippen LogP contribution < -0.4 is 4.90 Å². The van der Waals surface area contributed by atoms with Gasteiger partial charge in [-0.15, -0.1) is 0 Å². The van der Waals surface area contributed by atoms with E-state index >= 15 is 0 Å². The van der Waals surface area contributed by atoms with Crippen LogP contribution in [0, 0.1) is 0 Å². The number of unbranched alkanes of at least 4 members (excludes halogenated alkanes) is 7. The van der Waals surface area contributed by atoms with Gasteiger partial charge in [0.25, 0.3) is 5.91 Å². The molecule has 2 atom stereocenters. The Labute approximate surface area is 163 Å². The first-order valence-corrected chi connectivity index (χ1v) is 11.5. The molecule has 1 amide bonds. The number of hydrogen-bond acceptors (Lipinski definition) is 4. The Hall–Kier alpha value is -1.69. The molecule has 1 aromatic rings. The van der Waals surface area contributed by atoms with E-state index in [1.165, 1.54) is 30.6 Å². The topological polar surface area (TPSA) is 71.5 Å². The third-order valence-corrected chi connectivity index (χ3v) is 8.11. The molecular weight excluding hydrogens is 362 g/mol. The monoisotopic (exact) mass is 393 g/mol. The Bertz CT molecular complexity index is 732. The zero-order valence-corrected chi connectivity index (χ0v) is 17.2. The van der Waals surface area contributed by atoms with E-state index in [-0.39, 0.29) is 6.29 Å². The van der Waals surface area contributed by atoms with Gasteiger partial charge in [0.2, 0.25) is 0 Å². The number of nitrogens with zero attached hydrogens (tertiary/aromatic N) is 1. The van der Waals surface area contributed by atoms with Crippen LogP contribution in [-0.4, -0.2) is 30.7 Å². The van der Waals surface area contributed by atoms with Crippen LogP contribution >= 0.6 is 0 Å². The second kappa shape index (κ2) is 9.49. The fraction of sp³-hybridized carbons (Fsp3) is 0.619. The van der Waals surface area contributed by atoms with E-state index in [1.807, 2.05) is 6.07 Å². The largest absolute Gasteiger partial charge is 0.301 e. The van der Waals surface area contributed by atoms with Gasteiger partial charge >= 0.3 is 0 Å². The van der Waals surface area contributed by atoms with Crippen LogP contribution in [0.15, 0.2) is 30.3 Å². The van der Waals surface area contributed by atoms with Crippen molar-refractivity contribution in [1.82, 2.24) is 0 Å². The van der Waals surface area contributed by atoms with Crippen molar-refractivity contribution in [2.24, 2.45) is 0 Å². The number of amides is 1. The molecule has 27 heavy (non-hydrogen) atoms. The standard InChI is InChI=1S/C21H31NO4S/c1-3-4-5-6-7-8-9-13-16-21(2)22(18-14-11-10-12-15-18)20(24)19(17-23)27(21,25)26/h10-12,14-15,17,19H,3-9,13,16H2,1-2H3. The number of carbonyl (C=O) groups is 2. The molecule has 1 saturated heterocycles. The smallest absolute Gasteiger partial charge is 0.254 e. The minimum Gasteiger partial charge on any atom is -0.301 e. The summed E-state index contributed by atoms with van der Waals surface area (Å²) < 4.78 is 26.0. The summed E-state index contributed by atoms with van der Waals surface area (Å²) in [4.78, 5) is 24.0. The highest BCUT2D eigenvalue weighted by atomic mass is 32.2. The minimum absolute atomic E-state index is 0.270. The summed E-state index contributed by atoms with van der Waals surface area (Å²) in [6.07, 6.45) is 9.42. The number of sulfone groups is 1. The maximum absolute atomic E-state index is 13.0. The number of benzene rings is 1. The van der Waals surface area contributed by atoms with E-state index in [9.17, 15) is 18.0 Å². The lowest BCUT2D eigenvalue weighted by Gasteiger charge is -2.33. The van der Waals surface area contributed by atoms with Gasteiger partial charge in [-0.05, 0) is 25.5 Å². The second-order valence-electron chi connectivity index (χ2n) is 7.51. The van der Waals surface area contributed by atoms with Crippen molar-refractivity contribution in [3.05, 3.63) is 30.3 Å². The molecule has 0 saturated carbocycles. The second-order valence-corrected chi connectivity index (χ2v) is 9.99.